The normalized spacial score (nSPS) is 11.6. The third-order valence-corrected chi connectivity index (χ3v) is 6.29. The second-order valence-electron chi connectivity index (χ2n) is 9.63. The van der Waals surface area contributed by atoms with Gasteiger partial charge in [-0.3, -0.25) is 14.4 Å². The predicted octanol–water partition coefficient (Wildman–Crippen LogP) is 6.16. The molecule has 10 heteroatoms. The summed E-state index contributed by atoms with van der Waals surface area (Å²) in [5.41, 5.74) is 6.59. The number of aromatic nitrogens is 1. The number of nitrogens with zero attached hydrogens (tertiary/aromatic N) is 2. The SMILES string of the molecule is CC.CC.CC(NC(=O)C(C)(C)Oc1ccc(NC(=O)CC(N)=O)cn1)C(Cc1ccc(Cl)cc1)c1cccc(C#N)c1. The number of nitrogens with one attached hydrogen (secondary N) is 2. The summed E-state index contributed by atoms with van der Waals surface area (Å²) in [6, 6.07) is 19.8. The number of anilines is 1. The van der Waals surface area contributed by atoms with E-state index in [4.69, 9.17) is 22.1 Å². The molecule has 0 aliphatic heterocycles. The molecule has 0 saturated heterocycles. The van der Waals surface area contributed by atoms with Gasteiger partial charge < -0.3 is 21.1 Å². The molecule has 1 aromatic heterocycles. The molecule has 230 valence electrons. The first kappa shape index (κ1) is 36.6. The smallest absolute Gasteiger partial charge is 0.263 e. The molecular formula is C33H42ClN5O4. The van der Waals surface area contributed by atoms with Crippen LogP contribution in [-0.2, 0) is 20.8 Å². The molecule has 0 fully saturated rings. The molecular weight excluding hydrogens is 566 g/mol. The van der Waals surface area contributed by atoms with Crippen molar-refractivity contribution in [1.29, 1.82) is 5.26 Å². The van der Waals surface area contributed by atoms with Gasteiger partial charge in [-0.1, -0.05) is 63.6 Å². The zero-order valence-corrected chi connectivity index (χ0v) is 26.7. The number of benzene rings is 2. The van der Waals surface area contributed by atoms with Crippen LogP contribution in [0.1, 0.15) is 77.5 Å². The Hall–Kier alpha value is -4.42. The van der Waals surface area contributed by atoms with Gasteiger partial charge in [0.05, 0.1) is 23.5 Å². The average Bonchev–Trinajstić information content (AvgIpc) is 2.99. The fourth-order valence-electron chi connectivity index (χ4n) is 3.96. The zero-order valence-electron chi connectivity index (χ0n) is 25.9. The van der Waals surface area contributed by atoms with Gasteiger partial charge in [-0.25, -0.2) is 4.98 Å². The van der Waals surface area contributed by atoms with Gasteiger partial charge in [0, 0.05) is 23.0 Å². The van der Waals surface area contributed by atoms with Crippen molar-refractivity contribution in [3.8, 4) is 11.9 Å². The number of hydrogen-bond donors (Lipinski definition) is 3. The maximum absolute atomic E-state index is 13.3. The molecule has 0 spiro atoms. The molecule has 3 aromatic rings. The second kappa shape index (κ2) is 18.2. The van der Waals surface area contributed by atoms with Gasteiger partial charge in [0.15, 0.2) is 5.60 Å². The highest BCUT2D eigenvalue weighted by Gasteiger charge is 2.33. The number of amides is 3. The number of hydrogen-bond acceptors (Lipinski definition) is 6. The third kappa shape index (κ3) is 12.1. The molecule has 0 bridgehead atoms. The van der Waals surface area contributed by atoms with Crippen LogP contribution < -0.4 is 21.1 Å². The Labute approximate surface area is 259 Å². The fraction of sp³-hybridized carbons (Fsp3) is 0.364. The van der Waals surface area contributed by atoms with Crippen molar-refractivity contribution in [3.63, 3.8) is 0 Å². The molecule has 0 aliphatic carbocycles. The largest absolute Gasteiger partial charge is 0.462 e. The molecule has 3 amide bonds. The van der Waals surface area contributed by atoms with Crippen LogP contribution in [0.3, 0.4) is 0 Å². The molecule has 4 N–H and O–H groups in total. The number of primary amides is 1. The lowest BCUT2D eigenvalue weighted by Gasteiger charge is -2.30. The van der Waals surface area contributed by atoms with Gasteiger partial charge in [-0.15, -0.1) is 0 Å². The molecule has 2 unspecified atom stereocenters. The summed E-state index contributed by atoms with van der Waals surface area (Å²) in [4.78, 5) is 40.0. The molecule has 1 heterocycles. The molecule has 0 aliphatic rings. The van der Waals surface area contributed by atoms with Crippen LogP contribution in [0.15, 0.2) is 66.9 Å². The molecule has 43 heavy (non-hydrogen) atoms. The van der Waals surface area contributed by atoms with E-state index >= 15 is 0 Å². The van der Waals surface area contributed by atoms with Crippen LogP contribution in [-0.4, -0.2) is 34.3 Å². The molecule has 2 atom stereocenters. The first-order valence-corrected chi connectivity index (χ1v) is 14.6. The van der Waals surface area contributed by atoms with Crippen LogP contribution in [0.25, 0.3) is 0 Å². The topological polar surface area (TPSA) is 147 Å². The monoisotopic (exact) mass is 607 g/mol. The van der Waals surface area contributed by atoms with E-state index in [-0.39, 0.29) is 23.7 Å². The first-order valence-electron chi connectivity index (χ1n) is 14.3. The van der Waals surface area contributed by atoms with Crippen LogP contribution in [0.2, 0.25) is 5.02 Å². The lowest BCUT2D eigenvalue weighted by atomic mass is 9.85. The number of carbonyl (C=O) groups excluding carboxylic acids is 3. The predicted molar refractivity (Wildman–Crippen MR) is 171 cm³/mol. The fourth-order valence-corrected chi connectivity index (χ4v) is 4.09. The number of carbonyl (C=O) groups is 3. The van der Waals surface area contributed by atoms with Crippen LogP contribution in [0, 0.1) is 11.3 Å². The molecule has 3 rings (SSSR count). The van der Waals surface area contributed by atoms with Crippen LogP contribution in [0.4, 0.5) is 5.69 Å². The highest BCUT2D eigenvalue weighted by atomic mass is 35.5. The summed E-state index contributed by atoms with van der Waals surface area (Å²) in [5, 5.41) is 15.6. The average molecular weight is 608 g/mol. The maximum Gasteiger partial charge on any atom is 0.263 e. The maximum atomic E-state index is 13.3. The van der Waals surface area contributed by atoms with E-state index in [0.29, 0.717) is 22.7 Å². The number of ether oxygens (including phenoxy) is 1. The number of pyridine rings is 1. The number of nitrogens with two attached hydrogens (primary N) is 1. The second-order valence-corrected chi connectivity index (χ2v) is 10.1. The highest BCUT2D eigenvalue weighted by Crippen LogP contribution is 2.27. The summed E-state index contributed by atoms with van der Waals surface area (Å²) in [5.74, 6) is -1.61. The highest BCUT2D eigenvalue weighted by molar-refractivity contribution is 6.30. The van der Waals surface area contributed by atoms with Crippen molar-refractivity contribution in [2.24, 2.45) is 5.73 Å². The summed E-state index contributed by atoms with van der Waals surface area (Å²) in [6.07, 6.45) is 1.53. The summed E-state index contributed by atoms with van der Waals surface area (Å²) < 4.78 is 5.87. The Morgan fingerprint density at radius 2 is 1.70 bits per heavy atom. The molecule has 0 saturated carbocycles. The van der Waals surface area contributed by atoms with Crippen molar-refractivity contribution < 1.29 is 19.1 Å². The third-order valence-electron chi connectivity index (χ3n) is 6.04. The summed E-state index contributed by atoms with van der Waals surface area (Å²) in [7, 11) is 0. The Kier molecular flexibility index (Phi) is 15.5. The van der Waals surface area contributed by atoms with Crippen molar-refractivity contribution in [1.82, 2.24) is 10.3 Å². The lowest BCUT2D eigenvalue weighted by molar-refractivity contribution is -0.135. The van der Waals surface area contributed by atoms with E-state index in [2.05, 4.69) is 21.7 Å². The lowest BCUT2D eigenvalue weighted by Crippen LogP contribution is -2.51. The zero-order chi connectivity index (χ0) is 32.6. The van der Waals surface area contributed by atoms with Gasteiger partial charge in [0.2, 0.25) is 17.7 Å². The quantitative estimate of drug-likeness (QED) is 0.222. The van der Waals surface area contributed by atoms with E-state index in [1.54, 1.807) is 26.0 Å². The number of rotatable bonds is 11. The molecule has 9 nitrogen and oxygen atoms in total. The van der Waals surface area contributed by atoms with Crippen LogP contribution in [0.5, 0.6) is 5.88 Å². The minimum Gasteiger partial charge on any atom is -0.462 e. The minimum atomic E-state index is -1.28. The summed E-state index contributed by atoms with van der Waals surface area (Å²) >= 11 is 6.05. The molecule has 0 radical (unpaired) electrons. The minimum absolute atomic E-state index is 0.138. The first-order chi connectivity index (χ1) is 20.5. The van der Waals surface area contributed by atoms with Gasteiger partial charge >= 0.3 is 0 Å². The van der Waals surface area contributed by atoms with E-state index in [1.165, 1.54) is 12.3 Å². The van der Waals surface area contributed by atoms with Gasteiger partial charge in [-0.2, -0.15) is 5.26 Å². The Morgan fingerprint density at radius 1 is 1.05 bits per heavy atom. The van der Waals surface area contributed by atoms with E-state index in [9.17, 15) is 19.6 Å². The van der Waals surface area contributed by atoms with Crippen molar-refractivity contribution in [2.75, 3.05) is 5.32 Å². The van der Waals surface area contributed by atoms with Crippen LogP contribution >= 0.6 is 11.6 Å². The number of nitriles is 1. The van der Waals surface area contributed by atoms with Crippen molar-refractivity contribution in [2.45, 2.75) is 78.9 Å². The van der Waals surface area contributed by atoms with Gasteiger partial charge in [0.25, 0.3) is 5.91 Å². The Morgan fingerprint density at radius 3 is 2.26 bits per heavy atom. The molecule has 2 aromatic carbocycles. The van der Waals surface area contributed by atoms with Crippen molar-refractivity contribution in [3.05, 3.63) is 88.6 Å². The van der Waals surface area contributed by atoms with Gasteiger partial charge in [-0.05, 0) is 68.7 Å². The Bertz CT molecular complexity index is 1370. The van der Waals surface area contributed by atoms with E-state index in [0.717, 1.165) is 11.1 Å². The number of halogens is 1. The van der Waals surface area contributed by atoms with E-state index < -0.39 is 23.8 Å². The van der Waals surface area contributed by atoms with Crippen molar-refractivity contribution >= 4 is 35.0 Å². The van der Waals surface area contributed by atoms with E-state index in [1.807, 2.05) is 77.1 Å². The summed E-state index contributed by atoms with van der Waals surface area (Å²) in [6.45, 7) is 13.2. The standard InChI is InChI=1S/C29H30ClN5O4.2C2H6/c1-18(24(14-19-7-9-22(30)10-8-19)21-6-4-5-20(13-21)16-31)34-28(38)29(2,3)39-27-12-11-23(17-33-27)35-26(37)15-25(32)36;2*1-2/h4-13,17-18,24H,14-15H2,1-3H3,(H2,32,36)(H,34,38)(H,35,37);2*1-2H3. The van der Waals surface area contributed by atoms with Gasteiger partial charge in [0.1, 0.15) is 6.42 Å². The Balaban J connectivity index is 0.00000221.